The van der Waals surface area contributed by atoms with E-state index in [-0.39, 0.29) is 31.1 Å². The van der Waals surface area contributed by atoms with Gasteiger partial charge in [-0.25, -0.2) is 14.4 Å². The van der Waals surface area contributed by atoms with Crippen LogP contribution in [0.2, 0.25) is 0 Å². The summed E-state index contributed by atoms with van der Waals surface area (Å²) in [6.45, 7) is -0.0265. The summed E-state index contributed by atoms with van der Waals surface area (Å²) in [4.78, 5) is 26.4. The first-order valence-electron chi connectivity index (χ1n) is 9.96. The van der Waals surface area contributed by atoms with Crippen LogP contribution in [-0.2, 0) is 0 Å². The summed E-state index contributed by atoms with van der Waals surface area (Å²) in [6.07, 6.45) is 1.73. The van der Waals surface area contributed by atoms with Crippen molar-refractivity contribution in [3.8, 4) is 28.6 Å². The van der Waals surface area contributed by atoms with Gasteiger partial charge in [-0.2, -0.15) is 5.26 Å². The highest BCUT2D eigenvalue weighted by molar-refractivity contribution is 5.93. The van der Waals surface area contributed by atoms with Gasteiger partial charge in [-0.3, -0.25) is 4.79 Å². The lowest BCUT2D eigenvalue weighted by Crippen LogP contribution is -2.33. The first-order chi connectivity index (χ1) is 15.0. The highest BCUT2D eigenvalue weighted by atomic mass is 19.1. The number of nitrogens with zero attached hydrogens (tertiary/aromatic N) is 4. The SMILES string of the molecule is N#CC1(F)CCN(C(=O)c2cccc(-c3cnc4[nH]c(-c5ccccc5)cc4c3)n2)C1. The molecule has 1 saturated heterocycles. The summed E-state index contributed by atoms with van der Waals surface area (Å²) in [6, 6.07) is 20.8. The number of alkyl halides is 1. The van der Waals surface area contributed by atoms with Crippen molar-refractivity contribution in [1.29, 1.82) is 5.26 Å². The molecule has 1 amide bonds. The Kier molecular flexibility index (Phi) is 4.48. The summed E-state index contributed by atoms with van der Waals surface area (Å²) in [5.41, 5.74) is 2.43. The third-order valence-corrected chi connectivity index (χ3v) is 5.53. The lowest BCUT2D eigenvalue weighted by molar-refractivity contribution is 0.0766. The number of pyridine rings is 2. The van der Waals surface area contributed by atoms with Crippen molar-refractivity contribution < 1.29 is 9.18 Å². The first kappa shape index (κ1) is 18.9. The Morgan fingerprint density at radius 3 is 2.74 bits per heavy atom. The number of amides is 1. The lowest BCUT2D eigenvalue weighted by Gasteiger charge is -2.16. The molecule has 3 aromatic heterocycles. The minimum absolute atomic E-state index is 0.0206. The summed E-state index contributed by atoms with van der Waals surface area (Å²) in [5, 5.41) is 9.90. The summed E-state index contributed by atoms with van der Waals surface area (Å²) in [7, 11) is 0. The van der Waals surface area contributed by atoms with E-state index in [9.17, 15) is 9.18 Å². The molecule has 4 heterocycles. The van der Waals surface area contributed by atoms with Crippen molar-refractivity contribution in [3.63, 3.8) is 0 Å². The van der Waals surface area contributed by atoms with E-state index in [0.29, 0.717) is 5.69 Å². The molecule has 5 rings (SSSR count). The maximum atomic E-state index is 14.2. The number of rotatable bonds is 3. The van der Waals surface area contributed by atoms with Crippen LogP contribution in [0.25, 0.3) is 33.5 Å². The first-order valence-corrected chi connectivity index (χ1v) is 9.96. The molecule has 0 aliphatic carbocycles. The molecule has 0 saturated carbocycles. The fourth-order valence-electron chi connectivity index (χ4n) is 3.84. The predicted molar refractivity (Wildman–Crippen MR) is 115 cm³/mol. The minimum Gasteiger partial charge on any atom is -0.339 e. The molecule has 1 N–H and O–H groups in total. The van der Waals surface area contributed by atoms with Crippen LogP contribution in [0.3, 0.4) is 0 Å². The zero-order valence-electron chi connectivity index (χ0n) is 16.5. The molecule has 7 heteroatoms. The van der Waals surface area contributed by atoms with Crippen molar-refractivity contribution in [2.45, 2.75) is 12.1 Å². The van der Waals surface area contributed by atoms with E-state index in [1.807, 2.05) is 48.5 Å². The normalized spacial score (nSPS) is 18.3. The van der Waals surface area contributed by atoms with Gasteiger partial charge in [-0.15, -0.1) is 0 Å². The Morgan fingerprint density at radius 2 is 1.97 bits per heavy atom. The zero-order valence-corrected chi connectivity index (χ0v) is 16.5. The van der Waals surface area contributed by atoms with Crippen LogP contribution in [0.4, 0.5) is 4.39 Å². The van der Waals surface area contributed by atoms with Gasteiger partial charge in [0, 0.05) is 35.8 Å². The van der Waals surface area contributed by atoms with Crippen molar-refractivity contribution in [3.05, 3.63) is 72.6 Å². The van der Waals surface area contributed by atoms with Gasteiger partial charge in [0.15, 0.2) is 0 Å². The topological polar surface area (TPSA) is 85.7 Å². The van der Waals surface area contributed by atoms with Gasteiger partial charge in [-0.05, 0) is 29.8 Å². The number of nitriles is 1. The number of H-pyrrole nitrogens is 1. The molecule has 0 radical (unpaired) electrons. The average molecular weight is 411 g/mol. The summed E-state index contributed by atoms with van der Waals surface area (Å²) in [5.74, 6) is -0.376. The zero-order chi connectivity index (χ0) is 21.4. The van der Waals surface area contributed by atoms with Gasteiger partial charge in [0.2, 0.25) is 5.67 Å². The van der Waals surface area contributed by atoms with Crippen molar-refractivity contribution in [2.75, 3.05) is 13.1 Å². The van der Waals surface area contributed by atoms with Crippen molar-refractivity contribution in [2.24, 2.45) is 0 Å². The Balaban J connectivity index is 1.44. The number of hydrogen-bond donors (Lipinski definition) is 1. The quantitative estimate of drug-likeness (QED) is 0.542. The summed E-state index contributed by atoms with van der Waals surface area (Å²) < 4.78 is 14.2. The van der Waals surface area contributed by atoms with Gasteiger partial charge >= 0.3 is 0 Å². The highest BCUT2D eigenvalue weighted by Crippen LogP contribution is 2.28. The molecule has 1 aromatic carbocycles. The van der Waals surface area contributed by atoms with E-state index in [2.05, 4.69) is 15.0 Å². The van der Waals surface area contributed by atoms with Crippen LogP contribution in [0.1, 0.15) is 16.9 Å². The third kappa shape index (κ3) is 3.53. The highest BCUT2D eigenvalue weighted by Gasteiger charge is 2.41. The van der Waals surface area contributed by atoms with Crippen molar-refractivity contribution >= 4 is 16.9 Å². The van der Waals surface area contributed by atoms with E-state index in [4.69, 9.17) is 5.26 Å². The molecule has 0 bridgehead atoms. The van der Waals surface area contributed by atoms with E-state index < -0.39 is 5.67 Å². The van der Waals surface area contributed by atoms with Crippen LogP contribution in [0, 0.1) is 11.3 Å². The molecular formula is C24H18FN5O. The molecule has 1 atom stereocenters. The fourth-order valence-corrected chi connectivity index (χ4v) is 3.84. The lowest BCUT2D eigenvalue weighted by atomic mass is 10.1. The maximum absolute atomic E-state index is 14.2. The molecule has 1 fully saturated rings. The van der Waals surface area contributed by atoms with Crippen LogP contribution < -0.4 is 0 Å². The van der Waals surface area contributed by atoms with Gasteiger partial charge < -0.3 is 9.88 Å². The van der Waals surface area contributed by atoms with Crippen LogP contribution in [0.5, 0.6) is 0 Å². The average Bonchev–Trinajstić information content (AvgIpc) is 3.43. The molecule has 152 valence electrons. The van der Waals surface area contributed by atoms with E-state index in [1.165, 1.54) is 4.90 Å². The largest absolute Gasteiger partial charge is 0.339 e. The van der Waals surface area contributed by atoms with Crippen LogP contribution >= 0.6 is 0 Å². The second-order valence-electron chi connectivity index (χ2n) is 7.67. The standard InChI is InChI=1S/C24H18FN5O/c25-24(14-26)9-10-30(15-24)23(31)20-8-4-7-19(28-20)18-11-17-12-21(29-22(17)27-13-18)16-5-2-1-3-6-16/h1-8,11-13H,9-10,15H2,(H,27,29). The van der Waals surface area contributed by atoms with Crippen molar-refractivity contribution in [1.82, 2.24) is 19.9 Å². The number of likely N-dealkylation sites (tertiary alicyclic amines) is 1. The number of hydrogen-bond acceptors (Lipinski definition) is 4. The predicted octanol–water partition coefficient (Wildman–Crippen LogP) is 4.37. The second-order valence-corrected chi connectivity index (χ2v) is 7.67. The number of aromatic amines is 1. The van der Waals surface area contributed by atoms with Gasteiger partial charge in [-0.1, -0.05) is 36.4 Å². The van der Waals surface area contributed by atoms with E-state index in [1.54, 1.807) is 24.4 Å². The summed E-state index contributed by atoms with van der Waals surface area (Å²) >= 11 is 0. The molecule has 31 heavy (non-hydrogen) atoms. The minimum atomic E-state index is -1.98. The maximum Gasteiger partial charge on any atom is 0.272 e. The molecule has 6 nitrogen and oxygen atoms in total. The molecular weight excluding hydrogens is 393 g/mol. The molecule has 1 aliphatic rings. The van der Waals surface area contributed by atoms with Gasteiger partial charge in [0.1, 0.15) is 17.4 Å². The molecule has 1 aliphatic heterocycles. The number of carbonyl (C=O) groups is 1. The number of fused-ring (bicyclic) bond motifs is 1. The smallest absolute Gasteiger partial charge is 0.272 e. The van der Waals surface area contributed by atoms with E-state index in [0.717, 1.165) is 27.9 Å². The Morgan fingerprint density at radius 1 is 1.13 bits per heavy atom. The third-order valence-electron chi connectivity index (χ3n) is 5.53. The Bertz CT molecular complexity index is 1330. The van der Waals surface area contributed by atoms with Gasteiger partial charge in [0.25, 0.3) is 5.91 Å². The number of benzene rings is 1. The van der Waals surface area contributed by atoms with Gasteiger partial charge in [0.05, 0.1) is 12.2 Å². The Labute approximate surface area is 178 Å². The molecule has 0 spiro atoms. The Hall–Kier alpha value is -4.05. The van der Waals surface area contributed by atoms with Crippen LogP contribution in [0.15, 0.2) is 66.9 Å². The second kappa shape index (κ2) is 7.33. The number of nitrogens with one attached hydrogen (secondary N) is 1. The molecule has 1 unspecified atom stereocenters. The van der Waals surface area contributed by atoms with E-state index >= 15 is 0 Å². The monoisotopic (exact) mass is 411 g/mol. The number of carbonyl (C=O) groups excluding carboxylic acids is 1. The number of aromatic nitrogens is 3. The molecule has 4 aromatic rings. The number of halogens is 1. The fraction of sp³-hybridized carbons (Fsp3) is 0.167. The van der Waals surface area contributed by atoms with Crippen LogP contribution in [-0.4, -0.2) is 44.5 Å².